The second kappa shape index (κ2) is 14.5. The Hall–Kier alpha value is -5.75. The summed E-state index contributed by atoms with van der Waals surface area (Å²) in [6, 6.07) is 20.2. The predicted molar refractivity (Wildman–Crippen MR) is 227 cm³/mol. The number of halogens is 1. The van der Waals surface area contributed by atoms with Gasteiger partial charge in [-0.1, -0.05) is 35.9 Å². The summed E-state index contributed by atoms with van der Waals surface area (Å²) in [6.07, 6.45) is 5.99. The van der Waals surface area contributed by atoms with E-state index in [1.807, 2.05) is 78.2 Å². The Labute approximate surface area is 348 Å². The van der Waals surface area contributed by atoms with Crippen LogP contribution in [-0.2, 0) is 16.5 Å². The molecule has 0 saturated carbocycles. The highest BCUT2D eigenvalue weighted by atomic mass is 35.5. The number of amides is 2. The number of hydrogen-bond donors (Lipinski definition) is 2. The molecule has 3 aliphatic heterocycles. The molecule has 2 saturated heterocycles. The molecule has 306 valence electrons. The number of ether oxygens (including phenoxy) is 3. The van der Waals surface area contributed by atoms with Crippen LogP contribution in [0.15, 0.2) is 73.1 Å². The van der Waals surface area contributed by atoms with E-state index in [1.54, 1.807) is 9.80 Å². The van der Waals surface area contributed by atoms with Crippen molar-refractivity contribution in [3.05, 3.63) is 101 Å². The van der Waals surface area contributed by atoms with E-state index >= 15 is 0 Å². The van der Waals surface area contributed by atoms with Crippen LogP contribution in [0.2, 0.25) is 5.02 Å². The second-order valence-corrected chi connectivity index (χ2v) is 18.3. The van der Waals surface area contributed by atoms with Crippen molar-refractivity contribution >= 4 is 34.7 Å². The minimum Gasteiger partial charge on any atom is -0.480 e. The molecule has 2 fully saturated rings. The molecule has 6 heterocycles. The second-order valence-electron chi connectivity index (χ2n) is 17.8. The summed E-state index contributed by atoms with van der Waals surface area (Å²) in [4.78, 5) is 46.3. The third-order valence-corrected chi connectivity index (χ3v) is 11.6. The molecule has 2 N–H and O–H groups in total. The number of likely N-dealkylation sites (tertiary alicyclic amines) is 2. The van der Waals surface area contributed by atoms with E-state index < -0.39 is 17.3 Å². The summed E-state index contributed by atoms with van der Waals surface area (Å²) < 4.78 is 20.7. The first-order valence-corrected chi connectivity index (χ1v) is 20.8. The molecule has 0 bridgehead atoms. The predicted octanol–water partition coefficient (Wildman–Crippen LogP) is 10.9. The topological polar surface area (TPSA) is 131 Å². The Morgan fingerprint density at radius 1 is 0.763 bits per heavy atom. The molecule has 3 aromatic heterocycles. The van der Waals surface area contributed by atoms with Gasteiger partial charge in [-0.25, -0.2) is 19.6 Å². The van der Waals surface area contributed by atoms with Crippen molar-refractivity contribution in [2.75, 3.05) is 13.1 Å². The Balaban J connectivity index is 1.07. The lowest BCUT2D eigenvalue weighted by Crippen LogP contribution is -2.36. The van der Waals surface area contributed by atoms with E-state index in [1.165, 1.54) is 0 Å². The summed E-state index contributed by atoms with van der Waals surface area (Å²) >= 11 is 6.39. The number of carbonyl (C=O) groups is 2. The fourth-order valence-electron chi connectivity index (χ4n) is 8.76. The molecule has 2 amide bonds. The number of hydrogen-bond acceptors (Lipinski definition) is 7. The van der Waals surface area contributed by atoms with Gasteiger partial charge in [0.05, 0.1) is 41.6 Å². The van der Waals surface area contributed by atoms with Crippen LogP contribution in [0.25, 0.3) is 44.7 Å². The highest BCUT2D eigenvalue weighted by Gasteiger charge is 2.37. The van der Waals surface area contributed by atoms with Crippen LogP contribution in [0.1, 0.15) is 108 Å². The first-order valence-electron chi connectivity index (χ1n) is 20.4. The third-order valence-electron chi connectivity index (χ3n) is 11.4. The zero-order valence-corrected chi connectivity index (χ0v) is 35.3. The number of rotatable bonds is 5. The van der Waals surface area contributed by atoms with Gasteiger partial charge in [-0.15, -0.1) is 0 Å². The van der Waals surface area contributed by atoms with Crippen molar-refractivity contribution < 1.29 is 23.8 Å². The number of carbonyl (C=O) groups excluding carboxylic acids is 2. The third kappa shape index (κ3) is 7.32. The van der Waals surface area contributed by atoms with Gasteiger partial charge >= 0.3 is 12.2 Å². The van der Waals surface area contributed by atoms with Crippen molar-refractivity contribution in [1.29, 1.82) is 0 Å². The van der Waals surface area contributed by atoms with Crippen molar-refractivity contribution in [1.82, 2.24) is 34.3 Å². The van der Waals surface area contributed by atoms with Crippen LogP contribution in [0.4, 0.5) is 9.59 Å². The van der Waals surface area contributed by atoms with Gasteiger partial charge < -0.3 is 28.7 Å². The molecule has 9 rings (SSSR count). The molecule has 6 aromatic rings. The molecule has 13 heteroatoms. The Bertz CT molecular complexity index is 2580. The van der Waals surface area contributed by atoms with Crippen molar-refractivity contribution in [3.63, 3.8) is 0 Å². The Kier molecular flexibility index (Phi) is 9.53. The highest BCUT2D eigenvalue weighted by molar-refractivity contribution is 6.30. The zero-order valence-electron chi connectivity index (χ0n) is 34.6. The lowest BCUT2D eigenvalue weighted by Gasteiger charge is -2.28. The number of aryl methyl sites for hydroxylation is 1. The number of nitrogens with one attached hydrogen (secondary N) is 2. The van der Waals surface area contributed by atoms with E-state index in [2.05, 4.69) is 58.0 Å². The van der Waals surface area contributed by atoms with E-state index in [0.717, 1.165) is 98.9 Å². The van der Waals surface area contributed by atoms with Crippen LogP contribution >= 0.6 is 11.6 Å². The standard InChI is InChI=1S/C46H50ClN7O5/c1-45(2,3)58-43(55)53-20-8-10-35(53)41-48-24-32(50-41)27-15-19-34-31(22-27)38-39(52(34)7)30-18-14-28(23-37(30)57-40(38)26-12-16-29(47)17-13-26)33-25-49-42(51-33)36-11-9-21-54(36)44(56)59-46(4,5)6/h12-19,22-25,35-36,40H,8-11,20-21H2,1-7H3,(H,48,50)(H,49,51)/t35-,36-,40?/m0/s1. The van der Waals surface area contributed by atoms with Crippen molar-refractivity contribution in [3.8, 4) is 39.5 Å². The molecule has 59 heavy (non-hydrogen) atoms. The average Bonchev–Trinajstić information content (AvgIpc) is 4.03. The van der Waals surface area contributed by atoms with Gasteiger partial charge in [0.15, 0.2) is 6.10 Å². The molecule has 0 aliphatic carbocycles. The number of benzene rings is 3. The number of imidazole rings is 2. The maximum absolute atomic E-state index is 13.1. The monoisotopic (exact) mass is 815 g/mol. The van der Waals surface area contributed by atoms with Gasteiger partial charge in [0.1, 0.15) is 28.6 Å². The molecule has 3 aliphatic rings. The summed E-state index contributed by atoms with van der Waals surface area (Å²) in [7, 11) is 2.10. The Morgan fingerprint density at radius 3 is 1.86 bits per heavy atom. The largest absolute Gasteiger partial charge is 0.480 e. The van der Waals surface area contributed by atoms with Gasteiger partial charge in [0.2, 0.25) is 0 Å². The van der Waals surface area contributed by atoms with Crippen LogP contribution in [0.5, 0.6) is 5.75 Å². The van der Waals surface area contributed by atoms with Gasteiger partial charge in [-0.3, -0.25) is 9.80 Å². The van der Waals surface area contributed by atoms with E-state index in [4.69, 9.17) is 35.8 Å². The molecule has 3 atom stereocenters. The fourth-order valence-corrected chi connectivity index (χ4v) is 8.88. The number of aromatic nitrogens is 5. The molecule has 0 radical (unpaired) electrons. The highest BCUT2D eigenvalue weighted by Crippen LogP contribution is 2.50. The number of H-pyrrole nitrogens is 2. The average molecular weight is 816 g/mol. The SMILES string of the molecule is Cn1c2c(c3cc(-c4cnc([C@@H]5CCCN5C(=O)OC(C)(C)C)[nH]4)ccc31)C(c1ccc(Cl)cc1)Oc1cc(-c3cnc([C@@H]4CCCN4C(=O)OC(C)(C)C)[nH]3)ccc1-2. The molecular formula is C46H50ClN7O5. The number of aromatic amines is 2. The first-order chi connectivity index (χ1) is 28.1. The van der Waals surface area contributed by atoms with Gasteiger partial charge in [-0.05, 0) is 109 Å². The van der Waals surface area contributed by atoms with Crippen LogP contribution < -0.4 is 4.74 Å². The van der Waals surface area contributed by atoms with E-state index in [0.29, 0.717) is 18.1 Å². The van der Waals surface area contributed by atoms with Crippen molar-refractivity contribution in [2.45, 2.75) is 96.6 Å². The van der Waals surface area contributed by atoms with Crippen LogP contribution in [0, 0.1) is 0 Å². The molecule has 3 aromatic carbocycles. The quantitative estimate of drug-likeness (QED) is 0.177. The van der Waals surface area contributed by atoms with Crippen LogP contribution in [0.3, 0.4) is 0 Å². The maximum Gasteiger partial charge on any atom is 0.410 e. The fraction of sp³-hybridized carbons (Fsp3) is 0.391. The normalized spacial score (nSPS) is 19.2. The van der Waals surface area contributed by atoms with Gasteiger partial charge in [0.25, 0.3) is 0 Å². The van der Waals surface area contributed by atoms with E-state index in [9.17, 15) is 9.59 Å². The minimum absolute atomic E-state index is 0.182. The minimum atomic E-state index is -0.578. The van der Waals surface area contributed by atoms with Crippen LogP contribution in [-0.4, -0.2) is 70.8 Å². The summed E-state index contributed by atoms with van der Waals surface area (Å²) in [6.45, 7) is 12.6. The lowest BCUT2D eigenvalue weighted by atomic mass is 9.91. The summed E-state index contributed by atoms with van der Waals surface area (Å²) in [5, 5.41) is 1.71. The molecular weight excluding hydrogens is 766 g/mol. The smallest absolute Gasteiger partial charge is 0.410 e. The zero-order chi connectivity index (χ0) is 41.4. The summed E-state index contributed by atoms with van der Waals surface area (Å²) in [5.41, 5.74) is 7.60. The first kappa shape index (κ1) is 38.8. The lowest BCUT2D eigenvalue weighted by molar-refractivity contribution is 0.0208. The molecule has 0 spiro atoms. The van der Waals surface area contributed by atoms with Gasteiger partial charge in [-0.2, -0.15) is 0 Å². The van der Waals surface area contributed by atoms with Crippen molar-refractivity contribution in [2.24, 2.45) is 7.05 Å². The van der Waals surface area contributed by atoms with E-state index in [-0.39, 0.29) is 24.3 Å². The number of fused-ring (bicyclic) bond motifs is 5. The maximum atomic E-state index is 13.1. The summed E-state index contributed by atoms with van der Waals surface area (Å²) in [5.74, 6) is 2.23. The Morgan fingerprint density at radius 2 is 1.31 bits per heavy atom. The molecule has 12 nitrogen and oxygen atoms in total. The van der Waals surface area contributed by atoms with Gasteiger partial charge in [0, 0.05) is 58.3 Å². The number of nitrogens with zero attached hydrogens (tertiary/aromatic N) is 5. The molecule has 1 unspecified atom stereocenters.